The molecule has 3 aliphatic rings. The fourth-order valence-electron chi connectivity index (χ4n) is 2.11. The van der Waals surface area contributed by atoms with Crippen LogP contribution >= 0.6 is 7.14 Å². The highest BCUT2D eigenvalue weighted by molar-refractivity contribution is 8.01. The van der Waals surface area contributed by atoms with E-state index in [1.165, 1.54) is 21.8 Å². The summed E-state index contributed by atoms with van der Waals surface area (Å²) in [7, 11) is -1.87. The maximum absolute atomic E-state index is 11.8. The highest BCUT2D eigenvalue weighted by atomic mass is 31.2. The summed E-state index contributed by atoms with van der Waals surface area (Å²) in [5.74, 6) is 0. The molecule has 0 radical (unpaired) electrons. The first kappa shape index (κ1) is 5.55. The molecule has 0 aromatic heterocycles. The molecule has 3 aliphatic heterocycles. The molecule has 1 saturated heterocycles. The molecule has 0 N–H and O–H groups in total. The number of fused-ring (bicyclic) bond motifs is 3. The van der Waals surface area contributed by atoms with Crippen LogP contribution in [0.5, 0.6) is 0 Å². The van der Waals surface area contributed by atoms with E-state index in [1.54, 1.807) is 0 Å². The van der Waals surface area contributed by atoms with Gasteiger partial charge in [-0.3, -0.25) is 0 Å². The van der Waals surface area contributed by atoms with Crippen molar-refractivity contribution < 1.29 is 4.57 Å². The van der Waals surface area contributed by atoms with Crippen molar-refractivity contribution in [1.82, 2.24) is 0 Å². The summed E-state index contributed by atoms with van der Waals surface area (Å²) in [5.41, 5.74) is 2.46. The summed E-state index contributed by atoms with van der Waals surface area (Å²) < 4.78 is 11.8. The first-order chi connectivity index (χ1) is 5.83. The van der Waals surface area contributed by atoms with E-state index < -0.39 is 7.14 Å². The number of benzene rings is 1. The lowest BCUT2D eigenvalue weighted by Gasteiger charge is -2.08. The van der Waals surface area contributed by atoms with Crippen molar-refractivity contribution in [3.63, 3.8) is 0 Å². The van der Waals surface area contributed by atoms with Gasteiger partial charge in [-0.2, -0.15) is 0 Å². The van der Waals surface area contributed by atoms with Crippen LogP contribution in [-0.4, -0.2) is 0 Å². The maximum atomic E-state index is 11.8. The fourth-order valence-corrected chi connectivity index (χ4v) is 4.96. The average Bonchev–Trinajstić information content (AvgIpc) is 2.93. The van der Waals surface area contributed by atoms with Crippen LogP contribution in [0.25, 0.3) is 11.4 Å². The summed E-state index contributed by atoms with van der Waals surface area (Å²) in [5, 5.41) is 3.52. The normalized spacial score (nSPS) is 32.2. The molecule has 12 heavy (non-hydrogen) atoms. The van der Waals surface area contributed by atoms with Gasteiger partial charge in [0.1, 0.15) is 0 Å². The van der Waals surface area contributed by atoms with Crippen LogP contribution in [0.3, 0.4) is 0 Å². The third-order valence-corrected chi connectivity index (χ3v) is 5.62. The van der Waals surface area contributed by atoms with Crippen molar-refractivity contribution in [3.05, 3.63) is 46.0 Å². The Kier molecular flexibility index (Phi) is 0.590. The van der Waals surface area contributed by atoms with Crippen LogP contribution in [0, 0.1) is 0 Å². The average molecular weight is 172 g/mol. The number of allylic oxidation sites excluding steroid dienone is 2. The minimum Gasteiger partial charge on any atom is -0.309 e. The number of hydrogen-bond acceptors (Lipinski definition) is 1. The number of hydrogen-bond donors (Lipinski definition) is 0. The molecule has 1 nitrogen and oxygen atoms in total. The molecule has 1 atom stereocenters. The maximum Gasteiger partial charge on any atom is 0.174 e. The smallest absolute Gasteiger partial charge is 0.174 e. The van der Waals surface area contributed by atoms with Crippen molar-refractivity contribution in [2.24, 2.45) is 0 Å². The summed E-state index contributed by atoms with van der Waals surface area (Å²) in [4.78, 5) is 0. The van der Waals surface area contributed by atoms with Crippen LogP contribution in [0.2, 0.25) is 0 Å². The lowest BCUT2D eigenvalue weighted by atomic mass is 10.0. The summed E-state index contributed by atoms with van der Waals surface area (Å²) in [6.07, 6.45) is 2.08. The van der Waals surface area contributed by atoms with Gasteiger partial charge in [-0.25, -0.2) is 0 Å². The van der Waals surface area contributed by atoms with Crippen LogP contribution in [-0.2, 0) is 4.57 Å². The van der Waals surface area contributed by atoms with E-state index in [1.807, 2.05) is 12.1 Å². The molecule has 2 heteroatoms. The SMILES string of the molecule is O=P12c3cc4ccccc4c1c32. The Balaban J connectivity index is 2.19. The fraction of sp³-hybridized carbons (Fsp3) is 0. The van der Waals surface area contributed by atoms with Crippen LogP contribution < -0.4 is 0 Å². The second-order valence-corrected chi connectivity index (χ2v) is 6.02. The summed E-state index contributed by atoms with van der Waals surface area (Å²) in [6.45, 7) is 0. The molecule has 1 unspecified atom stereocenters. The highest BCUT2D eigenvalue weighted by Crippen LogP contribution is 3.06. The van der Waals surface area contributed by atoms with Crippen molar-refractivity contribution in [2.45, 2.75) is 0 Å². The molecule has 0 bridgehead atoms. The zero-order valence-electron chi connectivity index (χ0n) is 6.24. The molecule has 56 valence electrons. The Hall–Kier alpha value is -1.07. The van der Waals surface area contributed by atoms with Gasteiger partial charge in [0.25, 0.3) is 0 Å². The Morgan fingerprint density at radius 1 is 1.08 bits per heavy atom. The molecule has 0 amide bonds. The van der Waals surface area contributed by atoms with Gasteiger partial charge in [0.2, 0.25) is 0 Å². The van der Waals surface area contributed by atoms with Crippen LogP contribution in [0.15, 0.2) is 34.9 Å². The minimum absolute atomic E-state index is 1.15. The van der Waals surface area contributed by atoms with Gasteiger partial charge in [0, 0.05) is 15.9 Å². The second-order valence-electron chi connectivity index (χ2n) is 3.42. The Bertz CT molecular complexity index is 541. The zero-order chi connectivity index (χ0) is 7.92. The second kappa shape index (κ2) is 1.27. The quantitative estimate of drug-likeness (QED) is 0.549. The molecule has 0 saturated carbocycles. The van der Waals surface area contributed by atoms with E-state index in [0.29, 0.717) is 0 Å². The Morgan fingerprint density at radius 3 is 2.67 bits per heavy atom. The van der Waals surface area contributed by atoms with E-state index in [2.05, 4.69) is 18.2 Å². The van der Waals surface area contributed by atoms with Crippen molar-refractivity contribution >= 4 is 18.5 Å². The third-order valence-electron chi connectivity index (χ3n) is 2.84. The van der Waals surface area contributed by atoms with E-state index in [4.69, 9.17) is 0 Å². The van der Waals surface area contributed by atoms with Crippen molar-refractivity contribution in [1.29, 1.82) is 0 Å². The largest absolute Gasteiger partial charge is 0.309 e. The topological polar surface area (TPSA) is 17.1 Å². The van der Waals surface area contributed by atoms with Crippen molar-refractivity contribution in [3.8, 4) is 0 Å². The predicted octanol–water partition coefficient (Wildman–Crippen LogP) is 3.10. The van der Waals surface area contributed by atoms with Gasteiger partial charge in [-0.15, -0.1) is 0 Å². The van der Waals surface area contributed by atoms with Crippen LogP contribution in [0.4, 0.5) is 0 Å². The van der Waals surface area contributed by atoms with E-state index in [0.717, 1.165) is 5.31 Å². The molecular formula is C10H5OP. The molecule has 0 aliphatic carbocycles. The van der Waals surface area contributed by atoms with E-state index in [9.17, 15) is 4.57 Å². The summed E-state index contributed by atoms with van der Waals surface area (Å²) in [6, 6.07) is 8.19. The monoisotopic (exact) mass is 172 g/mol. The molecule has 1 aromatic rings. The van der Waals surface area contributed by atoms with Gasteiger partial charge in [-0.05, 0) is 17.2 Å². The lowest BCUT2D eigenvalue weighted by Crippen LogP contribution is -1.87. The van der Waals surface area contributed by atoms with Gasteiger partial charge >= 0.3 is 0 Å². The van der Waals surface area contributed by atoms with Gasteiger partial charge in [-0.1, -0.05) is 24.3 Å². The third kappa shape index (κ3) is 0.352. The highest BCUT2D eigenvalue weighted by Gasteiger charge is 2.72. The molecule has 0 spiro atoms. The molecule has 1 fully saturated rings. The van der Waals surface area contributed by atoms with Gasteiger partial charge in [0.05, 0.1) is 0 Å². The first-order valence-electron chi connectivity index (χ1n) is 4.01. The zero-order valence-corrected chi connectivity index (χ0v) is 7.14. The molecule has 4 rings (SSSR count). The van der Waals surface area contributed by atoms with Gasteiger partial charge < -0.3 is 4.57 Å². The first-order valence-corrected chi connectivity index (χ1v) is 5.71. The van der Waals surface area contributed by atoms with Crippen LogP contribution in [0.1, 0.15) is 11.1 Å². The molecular weight excluding hydrogens is 167 g/mol. The standard InChI is InChI=1S/C10H5OP/c11-12-8-5-6-3-1-2-4-7(6)9(12)10(8)12/h1-5H. The van der Waals surface area contributed by atoms with E-state index >= 15 is 0 Å². The lowest BCUT2D eigenvalue weighted by molar-refractivity contribution is 0.597. The molecule has 1 aromatic carbocycles. The number of rotatable bonds is 0. The van der Waals surface area contributed by atoms with Crippen molar-refractivity contribution in [2.75, 3.05) is 0 Å². The van der Waals surface area contributed by atoms with Gasteiger partial charge in [0.15, 0.2) is 7.14 Å². The minimum atomic E-state index is -1.87. The molecule has 3 heterocycles. The van der Waals surface area contributed by atoms with E-state index in [-0.39, 0.29) is 0 Å². The summed E-state index contributed by atoms with van der Waals surface area (Å²) >= 11 is 0. The Morgan fingerprint density at radius 2 is 1.83 bits per heavy atom. The predicted molar refractivity (Wildman–Crippen MR) is 48.9 cm³/mol. The Labute approximate surface area is 69.8 Å².